The Labute approximate surface area is 200 Å². The number of ether oxygens (including phenoxy) is 1. The Bertz CT molecular complexity index is 1280. The van der Waals surface area contributed by atoms with Crippen LogP contribution in [-0.4, -0.2) is 35.0 Å². The molecule has 8 nitrogen and oxygen atoms in total. The molecule has 2 saturated heterocycles. The quantitative estimate of drug-likeness (QED) is 0.414. The number of hydrogen-bond donors (Lipinski definition) is 2. The van der Waals surface area contributed by atoms with Crippen molar-refractivity contribution in [1.82, 2.24) is 5.32 Å². The van der Waals surface area contributed by atoms with E-state index < -0.39 is 47.0 Å². The van der Waals surface area contributed by atoms with Gasteiger partial charge in [0, 0.05) is 6.42 Å². The number of halogens is 1. The highest BCUT2D eigenvalue weighted by Crippen LogP contribution is 2.51. The maximum Gasteiger partial charge on any atom is 0.327 e. The number of rotatable bonds is 6. The summed E-state index contributed by atoms with van der Waals surface area (Å²) in [5.41, 5.74) is -1.17. The summed E-state index contributed by atoms with van der Waals surface area (Å²) in [4.78, 5) is 41.9. The molecule has 0 spiro atoms. The van der Waals surface area contributed by atoms with Gasteiger partial charge in [-0.3, -0.25) is 19.7 Å². The summed E-state index contributed by atoms with van der Waals surface area (Å²) in [5.74, 6) is -4.55. The van der Waals surface area contributed by atoms with Gasteiger partial charge in [-0.25, -0.2) is 9.29 Å². The van der Waals surface area contributed by atoms with Crippen LogP contribution in [0.1, 0.15) is 24.3 Å². The Hall–Kier alpha value is -3.98. The summed E-state index contributed by atoms with van der Waals surface area (Å²) < 4.78 is 25.7. The second-order valence-corrected chi connectivity index (χ2v) is 8.64. The molecular formula is C26H23FN2O6. The lowest BCUT2D eigenvalue weighted by molar-refractivity contribution is -0.154. The van der Waals surface area contributed by atoms with Crippen LogP contribution in [0.15, 0.2) is 71.3 Å². The van der Waals surface area contributed by atoms with Gasteiger partial charge in [-0.2, -0.15) is 0 Å². The van der Waals surface area contributed by atoms with Crippen molar-refractivity contribution in [3.8, 4) is 5.75 Å². The lowest BCUT2D eigenvalue weighted by Gasteiger charge is -2.33. The topological polar surface area (TPSA) is 109 Å². The van der Waals surface area contributed by atoms with Gasteiger partial charge in [-0.15, -0.1) is 0 Å². The van der Waals surface area contributed by atoms with Gasteiger partial charge in [-0.05, 0) is 48.9 Å². The minimum Gasteiger partial charge on any atom is -0.508 e. The molecule has 5 rings (SSSR count). The fourth-order valence-corrected chi connectivity index (χ4v) is 5.20. The van der Waals surface area contributed by atoms with Crippen molar-refractivity contribution in [2.45, 2.75) is 24.9 Å². The number of furan rings is 1. The molecule has 0 aliphatic carbocycles. The molecule has 180 valence electrons. The Morgan fingerprint density at radius 1 is 1.11 bits per heavy atom. The number of carbonyl (C=O) groups is 3. The van der Waals surface area contributed by atoms with Crippen LogP contribution in [0, 0.1) is 17.7 Å². The molecule has 3 aromatic rings. The fraction of sp³-hybridized carbons (Fsp3) is 0.269. The van der Waals surface area contributed by atoms with Gasteiger partial charge in [0.05, 0.1) is 36.4 Å². The lowest BCUT2D eigenvalue weighted by atomic mass is 9.76. The second-order valence-electron chi connectivity index (χ2n) is 8.64. The van der Waals surface area contributed by atoms with Crippen LogP contribution in [-0.2, 0) is 25.5 Å². The highest BCUT2D eigenvalue weighted by molar-refractivity contribution is 6.24. The van der Waals surface area contributed by atoms with E-state index in [4.69, 9.17) is 9.15 Å². The van der Waals surface area contributed by atoms with Crippen LogP contribution < -0.4 is 10.2 Å². The van der Waals surface area contributed by atoms with Crippen LogP contribution in [0.2, 0.25) is 0 Å². The molecule has 2 amide bonds. The maximum absolute atomic E-state index is 14.7. The number of amides is 2. The fourth-order valence-electron chi connectivity index (χ4n) is 5.20. The smallest absolute Gasteiger partial charge is 0.327 e. The van der Waals surface area contributed by atoms with Crippen molar-refractivity contribution in [2.75, 3.05) is 11.5 Å². The van der Waals surface area contributed by atoms with E-state index in [-0.39, 0.29) is 24.5 Å². The number of benzene rings is 2. The van der Waals surface area contributed by atoms with E-state index in [2.05, 4.69) is 5.32 Å². The number of esters is 1. The maximum atomic E-state index is 14.7. The molecule has 9 heteroatoms. The van der Waals surface area contributed by atoms with Gasteiger partial charge in [0.2, 0.25) is 11.8 Å². The van der Waals surface area contributed by atoms with E-state index in [0.29, 0.717) is 11.3 Å². The number of phenolic OH excluding ortho intramolecular Hbond substituents is 1. The van der Waals surface area contributed by atoms with Crippen LogP contribution in [0.4, 0.5) is 10.1 Å². The molecular weight excluding hydrogens is 455 g/mol. The van der Waals surface area contributed by atoms with Crippen molar-refractivity contribution < 1.29 is 33.0 Å². The van der Waals surface area contributed by atoms with Crippen LogP contribution in [0.25, 0.3) is 0 Å². The molecule has 3 heterocycles. The highest BCUT2D eigenvalue weighted by atomic mass is 19.1. The number of aromatic hydroxyl groups is 1. The predicted molar refractivity (Wildman–Crippen MR) is 122 cm³/mol. The average Bonchev–Trinajstić information content (AvgIpc) is 3.54. The van der Waals surface area contributed by atoms with E-state index in [1.165, 1.54) is 42.7 Å². The van der Waals surface area contributed by atoms with E-state index in [1.54, 1.807) is 31.2 Å². The van der Waals surface area contributed by atoms with Crippen molar-refractivity contribution in [1.29, 1.82) is 0 Å². The van der Waals surface area contributed by atoms with Crippen molar-refractivity contribution in [3.63, 3.8) is 0 Å². The number of fused-ring (bicyclic) bond motifs is 1. The largest absolute Gasteiger partial charge is 0.508 e. The molecule has 4 atom stereocenters. The van der Waals surface area contributed by atoms with Gasteiger partial charge >= 0.3 is 5.97 Å². The first kappa shape index (κ1) is 22.8. The molecule has 0 bridgehead atoms. The van der Waals surface area contributed by atoms with Crippen LogP contribution in [0.3, 0.4) is 0 Å². The third kappa shape index (κ3) is 3.59. The summed E-state index contributed by atoms with van der Waals surface area (Å²) >= 11 is 0. The number of nitrogens with one attached hydrogen (secondary N) is 1. The first-order chi connectivity index (χ1) is 16.9. The average molecular weight is 478 g/mol. The summed E-state index contributed by atoms with van der Waals surface area (Å²) in [7, 11) is 0. The molecule has 2 fully saturated rings. The summed E-state index contributed by atoms with van der Waals surface area (Å²) in [6.07, 6.45) is 1.43. The molecule has 0 unspecified atom stereocenters. The predicted octanol–water partition coefficient (Wildman–Crippen LogP) is 3.12. The molecule has 1 aromatic heterocycles. The SMILES string of the molecule is CCOC(=O)[C@]1(Cc2ccc(O)cc2)N[C@H](c2ccco2)[C@@H]2C(=O)N(c3ccccc3F)C(=O)[C@@H]21. The number of hydrogen-bond acceptors (Lipinski definition) is 7. The van der Waals surface area contributed by atoms with Gasteiger partial charge in [0.25, 0.3) is 0 Å². The zero-order valence-corrected chi connectivity index (χ0v) is 18.8. The molecule has 2 aromatic carbocycles. The minimum atomic E-state index is -1.64. The molecule has 0 saturated carbocycles. The third-order valence-corrected chi connectivity index (χ3v) is 6.66. The van der Waals surface area contributed by atoms with Crippen molar-refractivity contribution >= 4 is 23.5 Å². The first-order valence-corrected chi connectivity index (χ1v) is 11.3. The zero-order valence-electron chi connectivity index (χ0n) is 18.8. The van der Waals surface area contributed by atoms with Crippen molar-refractivity contribution in [3.05, 3.63) is 84.1 Å². The van der Waals surface area contributed by atoms with Gasteiger partial charge in [0.15, 0.2) is 0 Å². The van der Waals surface area contributed by atoms with E-state index in [1.807, 2.05) is 0 Å². The number of nitrogens with zero attached hydrogens (tertiary/aromatic N) is 1. The molecule has 2 N–H and O–H groups in total. The Balaban J connectivity index is 1.67. The number of para-hydroxylation sites is 1. The van der Waals surface area contributed by atoms with E-state index in [0.717, 1.165) is 4.90 Å². The van der Waals surface area contributed by atoms with E-state index >= 15 is 0 Å². The zero-order chi connectivity index (χ0) is 24.7. The molecule has 35 heavy (non-hydrogen) atoms. The van der Waals surface area contributed by atoms with E-state index in [9.17, 15) is 23.9 Å². The van der Waals surface area contributed by atoms with Crippen molar-refractivity contribution in [2.24, 2.45) is 11.8 Å². The Morgan fingerprint density at radius 3 is 2.51 bits per heavy atom. The van der Waals surface area contributed by atoms with Crippen LogP contribution >= 0.6 is 0 Å². The molecule has 2 aliphatic rings. The summed E-state index contributed by atoms with van der Waals surface area (Å²) in [6, 6.07) is 14.2. The minimum absolute atomic E-state index is 0.00534. The first-order valence-electron chi connectivity index (χ1n) is 11.3. The normalized spacial score (nSPS) is 25.7. The van der Waals surface area contributed by atoms with Crippen LogP contribution in [0.5, 0.6) is 5.75 Å². The molecule has 0 radical (unpaired) electrons. The van der Waals surface area contributed by atoms with Gasteiger partial charge in [-0.1, -0.05) is 24.3 Å². The summed E-state index contributed by atoms with van der Waals surface area (Å²) in [6.45, 7) is 1.70. The summed E-state index contributed by atoms with van der Waals surface area (Å²) in [5, 5.41) is 12.9. The van der Waals surface area contributed by atoms with Gasteiger partial charge in [0.1, 0.15) is 22.9 Å². The van der Waals surface area contributed by atoms with Gasteiger partial charge < -0.3 is 14.3 Å². The Morgan fingerprint density at radius 2 is 1.86 bits per heavy atom. The number of imide groups is 1. The number of carbonyl (C=O) groups excluding carboxylic acids is 3. The third-order valence-electron chi connectivity index (χ3n) is 6.66. The standard InChI is InChI=1S/C26H23FN2O6/c1-2-34-25(33)26(14-15-9-11-16(30)12-10-15)21-20(22(28-26)19-8-5-13-35-19)23(31)29(24(21)32)18-7-4-3-6-17(18)27/h3-13,20-22,28,30H,2,14H2,1H3/t20-,21-,22-,26-/m1/s1. The highest BCUT2D eigenvalue weighted by Gasteiger charge is 2.69. The lowest BCUT2D eigenvalue weighted by Crippen LogP contribution is -2.58. The number of phenols is 1. The molecule has 2 aliphatic heterocycles. The second kappa shape index (κ2) is 8.66. The number of anilines is 1. The monoisotopic (exact) mass is 478 g/mol. The Kier molecular flexibility index (Phi) is 5.64.